The third kappa shape index (κ3) is 3.99. The molecule has 1 aromatic rings. The van der Waals surface area contributed by atoms with Gasteiger partial charge in [-0.05, 0) is 39.0 Å². The van der Waals surface area contributed by atoms with E-state index < -0.39 is 18.2 Å². The average Bonchev–Trinajstić information content (AvgIpc) is 2.31. The number of halogens is 1. The molecule has 0 spiro atoms. The Morgan fingerprint density at radius 2 is 2.11 bits per heavy atom. The fourth-order valence-corrected chi connectivity index (χ4v) is 1.83. The molecule has 100 valence electrons. The number of carbonyl (C=O) groups excluding carboxylic acids is 1. The molecule has 1 rings (SSSR count). The SMILES string of the molecule is CCOC(=O)C(C)Oc1ccc(Br)cc1[C@H](C)O. The van der Waals surface area contributed by atoms with Gasteiger partial charge in [-0.1, -0.05) is 15.9 Å². The number of hydrogen-bond donors (Lipinski definition) is 1. The molecule has 1 aromatic carbocycles. The van der Waals surface area contributed by atoms with Crippen LogP contribution in [0.5, 0.6) is 5.75 Å². The van der Waals surface area contributed by atoms with Crippen LogP contribution in [0, 0.1) is 0 Å². The fraction of sp³-hybridized carbons (Fsp3) is 0.462. The summed E-state index contributed by atoms with van der Waals surface area (Å²) in [4.78, 5) is 11.5. The van der Waals surface area contributed by atoms with E-state index in [1.165, 1.54) is 0 Å². The average molecular weight is 317 g/mol. The summed E-state index contributed by atoms with van der Waals surface area (Å²) < 4.78 is 11.2. The normalized spacial score (nSPS) is 13.8. The molecule has 0 aromatic heterocycles. The molecule has 0 bridgehead atoms. The highest BCUT2D eigenvalue weighted by Crippen LogP contribution is 2.29. The summed E-state index contributed by atoms with van der Waals surface area (Å²) >= 11 is 3.33. The predicted molar refractivity (Wildman–Crippen MR) is 71.5 cm³/mol. The summed E-state index contributed by atoms with van der Waals surface area (Å²) in [7, 11) is 0. The zero-order valence-corrected chi connectivity index (χ0v) is 12.2. The maximum atomic E-state index is 11.5. The summed E-state index contributed by atoms with van der Waals surface area (Å²) in [6.07, 6.45) is -1.38. The lowest BCUT2D eigenvalue weighted by Gasteiger charge is -2.17. The van der Waals surface area contributed by atoms with Gasteiger partial charge in [-0.25, -0.2) is 4.79 Å². The minimum Gasteiger partial charge on any atom is -0.479 e. The molecule has 1 N–H and O–H groups in total. The maximum absolute atomic E-state index is 11.5. The quantitative estimate of drug-likeness (QED) is 0.849. The Bertz CT molecular complexity index is 417. The Balaban J connectivity index is 2.87. The molecule has 0 aliphatic carbocycles. The number of carbonyl (C=O) groups is 1. The third-order valence-corrected chi connectivity index (χ3v) is 2.84. The van der Waals surface area contributed by atoms with Crippen molar-refractivity contribution in [2.45, 2.75) is 33.0 Å². The topological polar surface area (TPSA) is 55.8 Å². The molecule has 18 heavy (non-hydrogen) atoms. The highest BCUT2D eigenvalue weighted by molar-refractivity contribution is 9.10. The molecule has 0 fully saturated rings. The van der Waals surface area contributed by atoms with Crippen molar-refractivity contribution in [3.63, 3.8) is 0 Å². The number of hydrogen-bond acceptors (Lipinski definition) is 4. The van der Waals surface area contributed by atoms with Crippen molar-refractivity contribution in [1.29, 1.82) is 0 Å². The molecule has 0 saturated carbocycles. The summed E-state index contributed by atoms with van der Waals surface area (Å²) in [5.41, 5.74) is 0.625. The van der Waals surface area contributed by atoms with Crippen molar-refractivity contribution in [2.75, 3.05) is 6.61 Å². The van der Waals surface area contributed by atoms with Crippen LogP contribution in [0.2, 0.25) is 0 Å². The second kappa shape index (κ2) is 6.75. The van der Waals surface area contributed by atoms with Crippen LogP contribution in [-0.4, -0.2) is 23.8 Å². The fourth-order valence-electron chi connectivity index (χ4n) is 1.45. The lowest BCUT2D eigenvalue weighted by Crippen LogP contribution is -2.26. The van der Waals surface area contributed by atoms with Gasteiger partial charge in [0.15, 0.2) is 6.10 Å². The molecule has 0 aliphatic heterocycles. The number of aliphatic hydroxyl groups is 1. The van der Waals surface area contributed by atoms with Gasteiger partial charge >= 0.3 is 5.97 Å². The summed E-state index contributed by atoms with van der Waals surface area (Å²) in [6, 6.07) is 5.26. The molecule has 4 nitrogen and oxygen atoms in total. The van der Waals surface area contributed by atoms with Gasteiger partial charge in [-0.3, -0.25) is 0 Å². The zero-order valence-electron chi connectivity index (χ0n) is 10.6. The van der Waals surface area contributed by atoms with E-state index in [1.807, 2.05) is 0 Å². The van der Waals surface area contributed by atoms with Gasteiger partial charge in [0.1, 0.15) is 5.75 Å². The molecule has 0 amide bonds. The minimum absolute atomic E-state index is 0.316. The lowest BCUT2D eigenvalue weighted by molar-refractivity contribution is -0.150. The van der Waals surface area contributed by atoms with Crippen molar-refractivity contribution in [1.82, 2.24) is 0 Å². The Hall–Kier alpha value is -1.07. The van der Waals surface area contributed by atoms with Crippen LogP contribution < -0.4 is 4.74 Å². The van der Waals surface area contributed by atoms with Gasteiger partial charge in [-0.15, -0.1) is 0 Å². The molecule has 0 aliphatic rings. The first-order valence-corrected chi connectivity index (χ1v) is 6.55. The zero-order chi connectivity index (χ0) is 13.7. The van der Waals surface area contributed by atoms with Crippen LogP contribution in [0.3, 0.4) is 0 Å². The van der Waals surface area contributed by atoms with Crippen LogP contribution in [0.25, 0.3) is 0 Å². The molecular weight excluding hydrogens is 300 g/mol. The van der Waals surface area contributed by atoms with E-state index in [-0.39, 0.29) is 0 Å². The molecule has 0 heterocycles. The van der Waals surface area contributed by atoms with Crippen molar-refractivity contribution in [3.8, 4) is 5.75 Å². The number of rotatable bonds is 5. The van der Waals surface area contributed by atoms with E-state index in [9.17, 15) is 9.90 Å². The first-order valence-electron chi connectivity index (χ1n) is 5.76. The van der Waals surface area contributed by atoms with Crippen molar-refractivity contribution in [2.24, 2.45) is 0 Å². The molecule has 2 atom stereocenters. The lowest BCUT2D eigenvalue weighted by atomic mass is 10.1. The van der Waals surface area contributed by atoms with Gasteiger partial charge < -0.3 is 14.6 Å². The molecular formula is C13H17BrO4. The van der Waals surface area contributed by atoms with Crippen LogP contribution in [-0.2, 0) is 9.53 Å². The maximum Gasteiger partial charge on any atom is 0.347 e. The minimum atomic E-state index is -0.705. The second-order valence-electron chi connectivity index (χ2n) is 3.87. The predicted octanol–water partition coefficient (Wildman–Crippen LogP) is 2.83. The Morgan fingerprint density at radius 1 is 1.44 bits per heavy atom. The van der Waals surface area contributed by atoms with E-state index >= 15 is 0 Å². The highest BCUT2D eigenvalue weighted by atomic mass is 79.9. The van der Waals surface area contributed by atoms with Gasteiger partial charge in [0.05, 0.1) is 12.7 Å². The number of aliphatic hydroxyl groups excluding tert-OH is 1. The van der Waals surface area contributed by atoms with Crippen LogP contribution in [0.1, 0.15) is 32.4 Å². The smallest absolute Gasteiger partial charge is 0.347 e. The molecule has 5 heteroatoms. The van der Waals surface area contributed by atoms with Crippen molar-refractivity contribution >= 4 is 21.9 Å². The highest BCUT2D eigenvalue weighted by Gasteiger charge is 2.18. The van der Waals surface area contributed by atoms with Crippen LogP contribution >= 0.6 is 15.9 Å². The third-order valence-electron chi connectivity index (χ3n) is 2.34. The summed E-state index contributed by atoms with van der Waals surface area (Å²) in [5.74, 6) is 0.0608. The van der Waals surface area contributed by atoms with Crippen molar-refractivity contribution < 1.29 is 19.4 Å². The summed E-state index contributed by atoms with van der Waals surface area (Å²) in [5, 5.41) is 9.67. The van der Waals surface area contributed by atoms with E-state index in [0.717, 1.165) is 4.47 Å². The monoisotopic (exact) mass is 316 g/mol. The largest absolute Gasteiger partial charge is 0.479 e. The standard InChI is InChI=1S/C13H17BrO4/c1-4-17-13(16)9(3)18-12-6-5-10(14)7-11(12)8(2)15/h5-9,15H,4H2,1-3H3/t8-,9?/m0/s1. The Morgan fingerprint density at radius 3 is 2.67 bits per heavy atom. The number of esters is 1. The van der Waals surface area contributed by atoms with E-state index in [0.29, 0.717) is 17.9 Å². The number of ether oxygens (including phenoxy) is 2. The van der Waals surface area contributed by atoms with Gasteiger partial charge in [-0.2, -0.15) is 0 Å². The van der Waals surface area contributed by atoms with Gasteiger partial charge in [0.25, 0.3) is 0 Å². The van der Waals surface area contributed by atoms with E-state index in [2.05, 4.69) is 15.9 Å². The molecule has 0 radical (unpaired) electrons. The van der Waals surface area contributed by atoms with Crippen molar-refractivity contribution in [3.05, 3.63) is 28.2 Å². The van der Waals surface area contributed by atoms with E-state index in [4.69, 9.17) is 9.47 Å². The van der Waals surface area contributed by atoms with Crippen LogP contribution in [0.4, 0.5) is 0 Å². The second-order valence-corrected chi connectivity index (χ2v) is 4.79. The van der Waals surface area contributed by atoms with E-state index in [1.54, 1.807) is 39.0 Å². The van der Waals surface area contributed by atoms with Gasteiger partial charge in [0.2, 0.25) is 0 Å². The summed E-state index contributed by atoms with van der Waals surface area (Å²) in [6.45, 7) is 5.32. The van der Waals surface area contributed by atoms with Crippen LogP contribution in [0.15, 0.2) is 22.7 Å². The Labute approximate surface area is 115 Å². The first-order chi connectivity index (χ1) is 8.45. The Kier molecular flexibility index (Phi) is 5.62. The first kappa shape index (κ1) is 15.0. The van der Waals surface area contributed by atoms with Gasteiger partial charge in [0, 0.05) is 10.0 Å². The number of benzene rings is 1. The molecule has 0 saturated heterocycles. The molecule has 1 unspecified atom stereocenters.